The standard InChI is InChI=1S/C19H23NO5.C17H20N2O4.C12H18N2O2/c1-5-24-17-14(15(21)16(17)22)10-12-7-6-8-13(9-12)11-20-18(23)25-19(2,3)4;1-17(2,3)23-16(22)19-9-11-6-4-5-10(7-11)8-12-13(18)15(21)14(12)20;1-12(2,3)16-11(15)14-8-9-5-4-6-10(13)7-9/h6-9H,5,10-11H2,1-4H3,(H,20,23);4-7H,8-9,18H2,1-3H3,(H,19,22);4-7H,8,13H2,1-3H3,(H,14,15). The van der Waals surface area contributed by atoms with Crippen molar-refractivity contribution in [1.82, 2.24) is 16.0 Å². The van der Waals surface area contributed by atoms with Crippen molar-refractivity contribution in [1.29, 1.82) is 0 Å². The number of hydrogen-bond acceptors (Lipinski definition) is 13. The number of nitrogens with one attached hydrogen (secondary N) is 3. The fraction of sp³-hybridized carbons (Fsp3) is 0.396. The molecular weight excluding hydrogens is 823 g/mol. The lowest BCUT2D eigenvalue weighted by Crippen LogP contribution is -2.38. The molecular formula is C48H61N5O11. The summed E-state index contributed by atoms with van der Waals surface area (Å²) in [4.78, 5) is 80.5. The van der Waals surface area contributed by atoms with Gasteiger partial charge in [0.1, 0.15) is 16.8 Å². The Morgan fingerprint density at radius 1 is 0.500 bits per heavy atom. The van der Waals surface area contributed by atoms with Gasteiger partial charge in [-0.25, -0.2) is 14.4 Å². The summed E-state index contributed by atoms with van der Waals surface area (Å²) in [6, 6.07) is 22.2. The summed E-state index contributed by atoms with van der Waals surface area (Å²) in [5, 5.41) is 8.03. The molecule has 0 aliphatic rings. The summed E-state index contributed by atoms with van der Waals surface area (Å²) >= 11 is 0. The Kier molecular flexibility index (Phi) is 18.0. The first-order chi connectivity index (χ1) is 29.7. The fourth-order valence-electron chi connectivity index (χ4n) is 5.78. The Hall–Kier alpha value is -6.97. The van der Waals surface area contributed by atoms with Crippen LogP contribution in [0.4, 0.5) is 25.8 Å². The molecule has 64 heavy (non-hydrogen) atoms. The number of rotatable bonds is 12. The maximum Gasteiger partial charge on any atom is 0.407 e. The van der Waals surface area contributed by atoms with Gasteiger partial charge in [0.15, 0.2) is 5.75 Å². The van der Waals surface area contributed by atoms with E-state index in [9.17, 15) is 33.6 Å². The fourth-order valence-corrected chi connectivity index (χ4v) is 5.78. The molecule has 16 nitrogen and oxygen atoms in total. The van der Waals surface area contributed by atoms with Crippen LogP contribution < -0.4 is 53.9 Å². The summed E-state index contributed by atoms with van der Waals surface area (Å²) < 4.78 is 20.7. The first kappa shape index (κ1) is 51.4. The number of ether oxygens (including phenoxy) is 4. The maximum absolute atomic E-state index is 11.7. The van der Waals surface area contributed by atoms with E-state index in [1.54, 1.807) is 54.5 Å². The third kappa shape index (κ3) is 17.4. The van der Waals surface area contributed by atoms with Crippen molar-refractivity contribution in [2.45, 2.75) is 119 Å². The molecule has 5 rings (SSSR count). The molecule has 0 unspecified atom stereocenters. The van der Waals surface area contributed by atoms with E-state index >= 15 is 0 Å². The van der Waals surface area contributed by atoms with Crippen LogP contribution in [0.5, 0.6) is 5.75 Å². The molecule has 0 radical (unpaired) electrons. The SMILES string of the molecule is CC(C)(C)OC(=O)NCc1cccc(Cc2c(N)c(=O)c2=O)c1.CC(C)(C)OC(=O)NCc1cccc(N)c1.CCOc1c(Cc2cccc(CNC(=O)OC(C)(C)C)c2)c(=O)c1=O. The van der Waals surface area contributed by atoms with Gasteiger partial charge in [-0.3, -0.25) is 19.2 Å². The van der Waals surface area contributed by atoms with Gasteiger partial charge in [-0.1, -0.05) is 60.7 Å². The number of nitrogens with two attached hydrogens (primary N) is 2. The van der Waals surface area contributed by atoms with Gasteiger partial charge in [0, 0.05) is 43.7 Å². The number of alkyl carbamates (subject to hydrolysis) is 3. The van der Waals surface area contributed by atoms with E-state index in [2.05, 4.69) is 16.0 Å². The van der Waals surface area contributed by atoms with Crippen LogP contribution in [0.15, 0.2) is 92.0 Å². The van der Waals surface area contributed by atoms with Crippen molar-refractivity contribution in [2.24, 2.45) is 0 Å². The highest BCUT2D eigenvalue weighted by molar-refractivity contribution is 5.68. The average molecular weight is 884 g/mol. The van der Waals surface area contributed by atoms with E-state index in [0.29, 0.717) is 55.9 Å². The van der Waals surface area contributed by atoms with Gasteiger partial charge < -0.3 is 46.4 Å². The second-order valence-electron chi connectivity index (χ2n) is 17.8. The molecule has 0 saturated carbocycles. The zero-order chi connectivity index (χ0) is 48.0. The van der Waals surface area contributed by atoms with Crippen LogP contribution in [0.1, 0.15) is 108 Å². The van der Waals surface area contributed by atoms with Gasteiger partial charge in [0.2, 0.25) is 16.3 Å². The maximum atomic E-state index is 11.7. The van der Waals surface area contributed by atoms with E-state index in [1.165, 1.54) is 0 Å². The Labute approximate surface area is 373 Å². The number of amides is 3. The van der Waals surface area contributed by atoms with Gasteiger partial charge in [0.05, 0.1) is 17.9 Å². The van der Waals surface area contributed by atoms with Crippen molar-refractivity contribution in [3.05, 3.63) is 153 Å². The molecule has 344 valence electrons. The molecule has 0 bridgehead atoms. The first-order valence-corrected chi connectivity index (χ1v) is 20.7. The second kappa shape index (κ2) is 22.4. The smallest absolute Gasteiger partial charge is 0.407 e. The molecule has 0 atom stereocenters. The van der Waals surface area contributed by atoms with Gasteiger partial charge in [-0.2, -0.15) is 0 Å². The molecule has 0 aromatic heterocycles. The highest BCUT2D eigenvalue weighted by Crippen LogP contribution is 2.18. The number of anilines is 2. The molecule has 0 aliphatic carbocycles. The molecule has 0 fully saturated rings. The Morgan fingerprint density at radius 3 is 1.23 bits per heavy atom. The molecule has 0 heterocycles. The van der Waals surface area contributed by atoms with Gasteiger partial charge >= 0.3 is 18.3 Å². The minimum Gasteiger partial charge on any atom is -0.489 e. The number of carbonyl (C=O) groups is 3. The molecule has 0 saturated heterocycles. The van der Waals surface area contributed by atoms with E-state index in [1.807, 2.05) is 87.5 Å². The van der Waals surface area contributed by atoms with E-state index in [-0.39, 0.29) is 11.4 Å². The third-order valence-electron chi connectivity index (χ3n) is 8.50. The monoisotopic (exact) mass is 883 g/mol. The predicted octanol–water partition coefficient (Wildman–Crippen LogP) is 6.07. The van der Waals surface area contributed by atoms with Crippen LogP contribution >= 0.6 is 0 Å². The van der Waals surface area contributed by atoms with E-state index < -0.39 is 56.8 Å². The number of nitrogen functional groups attached to an aromatic ring is 2. The van der Waals surface area contributed by atoms with E-state index in [0.717, 1.165) is 27.8 Å². The molecule has 0 spiro atoms. The first-order valence-electron chi connectivity index (χ1n) is 20.7. The van der Waals surface area contributed by atoms with Crippen molar-refractivity contribution < 1.29 is 33.3 Å². The topological polar surface area (TPSA) is 245 Å². The predicted molar refractivity (Wildman–Crippen MR) is 247 cm³/mol. The molecule has 7 N–H and O–H groups in total. The lowest BCUT2D eigenvalue weighted by Gasteiger charge is -2.19. The minimum atomic E-state index is -0.609. The summed E-state index contributed by atoms with van der Waals surface area (Å²) in [5.41, 5.74) is 13.3. The van der Waals surface area contributed by atoms with Crippen LogP contribution in [0, 0.1) is 0 Å². The molecule has 0 aliphatic heterocycles. The quantitative estimate of drug-likeness (QED) is 0.0543. The summed E-state index contributed by atoms with van der Waals surface area (Å²) in [6.07, 6.45) is -0.750. The number of carbonyl (C=O) groups excluding carboxylic acids is 3. The van der Waals surface area contributed by atoms with Crippen molar-refractivity contribution in [3.63, 3.8) is 0 Å². The normalized spacial score (nSPS) is 11.3. The Morgan fingerprint density at radius 2 is 0.859 bits per heavy atom. The van der Waals surface area contributed by atoms with Crippen LogP contribution in [-0.4, -0.2) is 41.7 Å². The lowest BCUT2D eigenvalue weighted by molar-refractivity contribution is 0.0512. The van der Waals surface area contributed by atoms with Crippen molar-refractivity contribution in [3.8, 4) is 5.75 Å². The van der Waals surface area contributed by atoms with Crippen LogP contribution in [0.3, 0.4) is 0 Å². The van der Waals surface area contributed by atoms with Crippen LogP contribution in [0.25, 0.3) is 0 Å². The Bertz CT molecular complexity index is 2530. The Balaban J connectivity index is 0.000000262. The van der Waals surface area contributed by atoms with Gasteiger partial charge in [-0.05, 0) is 109 Å². The number of benzene rings is 3. The largest absolute Gasteiger partial charge is 0.489 e. The van der Waals surface area contributed by atoms with Crippen molar-refractivity contribution >= 4 is 29.7 Å². The van der Waals surface area contributed by atoms with Crippen LogP contribution in [-0.2, 0) is 46.7 Å². The molecule has 16 heteroatoms. The summed E-state index contributed by atoms with van der Waals surface area (Å²) in [5.74, 6) is 0.171. The van der Waals surface area contributed by atoms with Crippen molar-refractivity contribution in [2.75, 3.05) is 18.1 Å². The summed E-state index contributed by atoms with van der Waals surface area (Å²) in [7, 11) is 0. The number of hydrogen-bond donors (Lipinski definition) is 5. The van der Waals surface area contributed by atoms with Gasteiger partial charge in [-0.15, -0.1) is 0 Å². The lowest BCUT2D eigenvalue weighted by atomic mass is 9.98. The second-order valence-corrected chi connectivity index (χ2v) is 17.8. The van der Waals surface area contributed by atoms with Gasteiger partial charge in [0.25, 0.3) is 5.43 Å². The minimum absolute atomic E-state index is 0.0484. The zero-order valence-electron chi connectivity index (χ0n) is 38.3. The zero-order valence-corrected chi connectivity index (χ0v) is 38.3. The molecule has 3 amide bonds. The molecule has 5 aromatic rings. The van der Waals surface area contributed by atoms with Crippen LogP contribution in [0.2, 0.25) is 0 Å². The highest BCUT2D eigenvalue weighted by atomic mass is 16.6. The molecule has 5 aromatic carbocycles. The third-order valence-corrected chi connectivity index (χ3v) is 8.50. The highest BCUT2D eigenvalue weighted by Gasteiger charge is 2.23. The summed E-state index contributed by atoms with van der Waals surface area (Å²) in [6.45, 7) is 19.4. The average Bonchev–Trinajstić information content (AvgIpc) is 3.20. The van der Waals surface area contributed by atoms with E-state index in [4.69, 9.17) is 30.4 Å².